The first kappa shape index (κ1) is 12.4. The van der Waals surface area contributed by atoms with Crippen molar-refractivity contribution in [3.63, 3.8) is 0 Å². The molecule has 5 nitrogen and oxygen atoms in total. The highest BCUT2D eigenvalue weighted by Crippen LogP contribution is 2.30. The zero-order chi connectivity index (χ0) is 13.4. The molecule has 2 aromatic heterocycles. The van der Waals surface area contributed by atoms with Gasteiger partial charge >= 0.3 is 0 Å². The van der Waals surface area contributed by atoms with E-state index in [0.717, 1.165) is 22.8 Å². The van der Waals surface area contributed by atoms with E-state index >= 15 is 0 Å². The van der Waals surface area contributed by atoms with Crippen molar-refractivity contribution < 1.29 is 0 Å². The number of nitrogens with zero attached hydrogens (tertiary/aromatic N) is 5. The maximum Gasteiger partial charge on any atom is 0.163 e. The Morgan fingerprint density at radius 2 is 1.95 bits per heavy atom. The highest BCUT2D eigenvalue weighted by molar-refractivity contribution is 5.86. The Morgan fingerprint density at radius 3 is 2.68 bits per heavy atom. The molecule has 1 fully saturated rings. The van der Waals surface area contributed by atoms with Gasteiger partial charge in [0.15, 0.2) is 5.65 Å². The molecule has 0 saturated heterocycles. The Balaban J connectivity index is 1.91. The fraction of sp³-hybridized carbons (Fsp3) is 0.643. The Bertz CT molecular complexity index is 568. The maximum absolute atomic E-state index is 4.48. The smallest absolute Gasteiger partial charge is 0.163 e. The molecule has 1 aliphatic carbocycles. The molecule has 0 unspecified atom stereocenters. The summed E-state index contributed by atoms with van der Waals surface area (Å²) in [5.41, 5.74) is 0.904. The highest BCUT2D eigenvalue weighted by Gasteiger charge is 2.24. The lowest BCUT2D eigenvalue weighted by Gasteiger charge is -2.34. The summed E-state index contributed by atoms with van der Waals surface area (Å²) in [6.07, 6.45) is 8.65. The van der Waals surface area contributed by atoms with Crippen molar-refractivity contribution in [2.45, 2.75) is 38.6 Å². The van der Waals surface area contributed by atoms with E-state index in [1.165, 1.54) is 25.7 Å². The standard InChI is InChI=1S/C14H21N5/c1-10-4-6-11(7-5-10)18(2)13-12-8-17-19(3)14(12)16-9-15-13/h8-11H,4-7H2,1-3H3. The van der Waals surface area contributed by atoms with Crippen LogP contribution in [0.2, 0.25) is 0 Å². The molecule has 19 heavy (non-hydrogen) atoms. The third kappa shape index (κ3) is 2.17. The molecule has 0 aromatic carbocycles. The monoisotopic (exact) mass is 259 g/mol. The van der Waals surface area contributed by atoms with E-state index in [1.54, 1.807) is 11.0 Å². The molecule has 1 saturated carbocycles. The van der Waals surface area contributed by atoms with Crippen LogP contribution in [0.25, 0.3) is 11.0 Å². The normalized spacial score (nSPS) is 23.7. The predicted octanol–water partition coefficient (Wildman–Crippen LogP) is 2.38. The first-order valence-corrected chi connectivity index (χ1v) is 7.02. The second-order valence-corrected chi connectivity index (χ2v) is 5.73. The summed E-state index contributed by atoms with van der Waals surface area (Å²) < 4.78 is 1.80. The van der Waals surface area contributed by atoms with E-state index in [4.69, 9.17) is 0 Å². The second-order valence-electron chi connectivity index (χ2n) is 5.73. The molecular formula is C14H21N5. The first-order valence-electron chi connectivity index (χ1n) is 7.02. The van der Waals surface area contributed by atoms with Crippen LogP contribution >= 0.6 is 0 Å². The van der Waals surface area contributed by atoms with Gasteiger partial charge in [-0.1, -0.05) is 6.92 Å². The van der Waals surface area contributed by atoms with Crippen LogP contribution in [0.15, 0.2) is 12.5 Å². The van der Waals surface area contributed by atoms with Crippen LogP contribution in [0.3, 0.4) is 0 Å². The number of aromatic nitrogens is 4. The average Bonchev–Trinajstić information content (AvgIpc) is 2.81. The fourth-order valence-corrected chi connectivity index (χ4v) is 3.03. The minimum atomic E-state index is 0.592. The van der Waals surface area contributed by atoms with Crippen molar-refractivity contribution in [1.29, 1.82) is 0 Å². The minimum absolute atomic E-state index is 0.592. The van der Waals surface area contributed by atoms with Crippen molar-refractivity contribution in [2.75, 3.05) is 11.9 Å². The molecule has 2 heterocycles. The molecule has 0 radical (unpaired) electrons. The third-order valence-electron chi connectivity index (χ3n) is 4.38. The number of rotatable bonds is 2. The Kier molecular flexibility index (Phi) is 3.12. The largest absolute Gasteiger partial charge is 0.356 e. The van der Waals surface area contributed by atoms with E-state index in [2.05, 4.69) is 33.9 Å². The van der Waals surface area contributed by atoms with Crippen molar-refractivity contribution in [1.82, 2.24) is 19.7 Å². The van der Waals surface area contributed by atoms with Crippen LogP contribution in [0.1, 0.15) is 32.6 Å². The van der Waals surface area contributed by atoms with Crippen LogP contribution in [-0.2, 0) is 7.05 Å². The highest BCUT2D eigenvalue weighted by atomic mass is 15.3. The summed E-state index contributed by atoms with van der Waals surface area (Å²) in [5.74, 6) is 1.88. The number of hydrogen-bond acceptors (Lipinski definition) is 4. The summed E-state index contributed by atoms with van der Waals surface area (Å²) in [4.78, 5) is 11.1. The molecule has 1 aliphatic rings. The fourth-order valence-electron chi connectivity index (χ4n) is 3.03. The van der Waals surface area contributed by atoms with Gasteiger partial charge in [0.25, 0.3) is 0 Å². The van der Waals surface area contributed by atoms with Crippen LogP contribution in [0.5, 0.6) is 0 Å². The van der Waals surface area contributed by atoms with Gasteiger partial charge in [0.2, 0.25) is 0 Å². The van der Waals surface area contributed by atoms with E-state index in [9.17, 15) is 0 Å². The van der Waals surface area contributed by atoms with E-state index in [1.807, 2.05) is 13.2 Å². The number of hydrogen-bond donors (Lipinski definition) is 0. The molecule has 0 bridgehead atoms. The summed E-state index contributed by atoms with van der Waals surface area (Å²) in [5, 5.41) is 5.33. The van der Waals surface area contributed by atoms with Gasteiger partial charge in [0, 0.05) is 20.1 Å². The van der Waals surface area contributed by atoms with Gasteiger partial charge in [0.1, 0.15) is 12.1 Å². The van der Waals surface area contributed by atoms with E-state index < -0.39 is 0 Å². The molecule has 0 amide bonds. The first-order chi connectivity index (χ1) is 9.16. The SMILES string of the molecule is CC1CCC(N(C)c2ncnc3c2cnn3C)CC1. The van der Waals surface area contributed by atoms with Gasteiger partial charge in [-0.3, -0.25) is 4.68 Å². The van der Waals surface area contributed by atoms with Gasteiger partial charge in [-0.2, -0.15) is 5.10 Å². The number of fused-ring (bicyclic) bond motifs is 1. The van der Waals surface area contributed by atoms with Crippen LogP contribution in [0.4, 0.5) is 5.82 Å². The van der Waals surface area contributed by atoms with Gasteiger partial charge in [-0.25, -0.2) is 9.97 Å². The number of anilines is 1. The third-order valence-corrected chi connectivity index (χ3v) is 4.38. The Morgan fingerprint density at radius 1 is 1.21 bits per heavy atom. The van der Waals surface area contributed by atoms with E-state index in [0.29, 0.717) is 6.04 Å². The molecule has 0 N–H and O–H groups in total. The maximum atomic E-state index is 4.48. The van der Waals surface area contributed by atoms with Crippen molar-refractivity contribution in [2.24, 2.45) is 13.0 Å². The lowest BCUT2D eigenvalue weighted by Crippen LogP contribution is -2.35. The van der Waals surface area contributed by atoms with Crippen LogP contribution in [-0.4, -0.2) is 32.8 Å². The molecule has 0 atom stereocenters. The molecule has 2 aromatic rings. The number of aryl methyl sites for hydroxylation is 1. The molecule has 102 valence electrons. The van der Waals surface area contributed by atoms with Gasteiger partial charge in [-0.15, -0.1) is 0 Å². The summed E-state index contributed by atoms with van der Waals surface area (Å²) >= 11 is 0. The predicted molar refractivity (Wildman–Crippen MR) is 76.1 cm³/mol. The van der Waals surface area contributed by atoms with Gasteiger partial charge in [0.05, 0.1) is 11.6 Å². The zero-order valence-electron chi connectivity index (χ0n) is 11.9. The van der Waals surface area contributed by atoms with Crippen molar-refractivity contribution >= 4 is 16.9 Å². The van der Waals surface area contributed by atoms with Crippen LogP contribution < -0.4 is 4.90 Å². The minimum Gasteiger partial charge on any atom is -0.356 e. The topological polar surface area (TPSA) is 46.8 Å². The summed E-state index contributed by atoms with van der Waals surface area (Å²) in [6.45, 7) is 2.35. The molecular weight excluding hydrogens is 238 g/mol. The van der Waals surface area contributed by atoms with Crippen molar-refractivity contribution in [3.8, 4) is 0 Å². The van der Waals surface area contributed by atoms with E-state index in [-0.39, 0.29) is 0 Å². The lowest BCUT2D eigenvalue weighted by atomic mass is 9.87. The second kappa shape index (κ2) is 4.79. The zero-order valence-corrected chi connectivity index (χ0v) is 11.9. The quantitative estimate of drug-likeness (QED) is 0.830. The molecule has 0 aliphatic heterocycles. The summed E-state index contributed by atoms with van der Waals surface area (Å²) in [6, 6.07) is 0.592. The molecule has 3 rings (SSSR count). The summed E-state index contributed by atoms with van der Waals surface area (Å²) in [7, 11) is 4.07. The van der Waals surface area contributed by atoms with Crippen LogP contribution in [0, 0.1) is 5.92 Å². The average molecular weight is 259 g/mol. The Hall–Kier alpha value is -1.65. The lowest BCUT2D eigenvalue weighted by molar-refractivity contribution is 0.340. The Labute approximate surface area is 113 Å². The van der Waals surface area contributed by atoms with Gasteiger partial charge < -0.3 is 4.90 Å². The molecule has 0 spiro atoms. The van der Waals surface area contributed by atoms with Crippen molar-refractivity contribution in [3.05, 3.63) is 12.5 Å². The molecule has 5 heteroatoms. The van der Waals surface area contributed by atoms with Gasteiger partial charge in [-0.05, 0) is 31.6 Å².